The Labute approximate surface area is 68.9 Å². The molecule has 0 radical (unpaired) electrons. The number of rotatable bonds is 4. The summed E-state index contributed by atoms with van der Waals surface area (Å²) in [5, 5.41) is 0.117. The minimum absolute atomic E-state index is 0.0335. The first kappa shape index (κ1) is 10.1. The molecule has 0 rings (SSSR count). The molecule has 10 heavy (non-hydrogen) atoms. The standard InChI is InChI=1S/C5H9BrO3S/c1-2-10(8,9)4-5(7)3-6/h2-4H2,1H3. The summed E-state index contributed by atoms with van der Waals surface area (Å²) >= 11 is 2.88. The number of sulfone groups is 1. The van der Waals surface area contributed by atoms with E-state index >= 15 is 0 Å². The Morgan fingerprint density at radius 2 is 2.00 bits per heavy atom. The summed E-state index contributed by atoms with van der Waals surface area (Å²) in [6.07, 6.45) is 0. The molecule has 0 saturated heterocycles. The van der Waals surface area contributed by atoms with Gasteiger partial charge in [-0.1, -0.05) is 22.9 Å². The predicted molar refractivity (Wildman–Crippen MR) is 43.1 cm³/mol. The molecule has 0 amide bonds. The van der Waals surface area contributed by atoms with Gasteiger partial charge in [-0.3, -0.25) is 4.79 Å². The van der Waals surface area contributed by atoms with Gasteiger partial charge in [-0.05, 0) is 0 Å². The smallest absolute Gasteiger partial charge is 0.158 e. The van der Waals surface area contributed by atoms with Gasteiger partial charge in [0.25, 0.3) is 0 Å². The molecule has 0 fully saturated rings. The van der Waals surface area contributed by atoms with Crippen molar-refractivity contribution in [3.8, 4) is 0 Å². The second-order valence-corrected chi connectivity index (χ2v) is 4.76. The van der Waals surface area contributed by atoms with Gasteiger partial charge in [0.15, 0.2) is 15.6 Å². The Balaban J connectivity index is 4.03. The first-order valence-corrected chi connectivity index (χ1v) is 5.74. The SMILES string of the molecule is CCS(=O)(=O)CC(=O)CBr. The number of carbonyl (C=O) groups is 1. The molecule has 0 spiro atoms. The van der Waals surface area contributed by atoms with E-state index in [4.69, 9.17) is 0 Å². The Hall–Kier alpha value is 0.1000. The molecular formula is C5H9BrO3S. The predicted octanol–water partition coefficient (Wildman–Crippen LogP) is 0.385. The number of ketones is 1. The Morgan fingerprint density at radius 1 is 1.50 bits per heavy atom. The van der Waals surface area contributed by atoms with Gasteiger partial charge < -0.3 is 0 Å². The van der Waals surface area contributed by atoms with Crippen LogP contribution >= 0.6 is 15.9 Å². The highest BCUT2D eigenvalue weighted by Crippen LogP contribution is 1.92. The van der Waals surface area contributed by atoms with Crippen molar-refractivity contribution in [2.24, 2.45) is 0 Å². The van der Waals surface area contributed by atoms with Crippen LogP contribution in [-0.2, 0) is 14.6 Å². The summed E-state index contributed by atoms with van der Waals surface area (Å²) < 4.78 is 21.5. The van der Waals surface area contributed by atoms with Crippen molar-refractivity contribution in [2.75, 3.05) is 16.8 Å². The van der Waals surface area contributed by atoms with Crippen LogP contribution < -0.4 is 0 Å². The fourth-order valence-electron chi connectivity index (χ4n) is 0.386. The molecule has 0 heterocycles. The number of alkyl halides is 1. The van der Waals surface area contributed by atoms with E-state index in [-0.39, 0.29) is 22.6 Å². The molecule has 0 aliphatic rings. The van der Waals surface area contributed by atoms with Crippen molar-refractivity contribution in [1.82, 2.24) is 0 Å². The Morgan fingerprint density at radius 3 is 2.30 bits per heavy atom. The van der Waals surface area contributed by atoms with Crippen LogP contribution in [0.15, 0.2) is 0 Å². The van der Waals surface area contributed by atoms with Crippen LogP contribution in [0.3, 0.4) is 0 Å². The van der Waals surface area contributed by atoms with E-state index in [0.717, 1.165) is 0 Å². The first-order valence-electron chi connectivity index (χ1n) is 2.80. The van der Waals surface area contributed by atoms with E-state index in [0.29, 0.717) is 0 Å². The normalized spacial score (nSPS) is 11.4. The summed E-state index contributed by atoms with van der Waals surface area (Å²) in [6.45, 7) is 1.52. The Bertz CT molecular complexity index is 207. The van der Waals surface area contributed by atoms with Crippen LogP contribution in [0, 0.1) is 0 Å². The molecule has 0 aromatic carbocycles. The van der Waals surface area contributed by atoms with Crippen molar-refractivity contribution in [1.29, 1.82) is 0 Å². The highest BCUT2D eigenvalue weighted by molar-refractivity contribution is 9.09. The van der Waals surface area contributed by atoms with Gasteiger partial charge in [-0.15, -0.1) is 0 Å². The summed E-state index contributed by atoms with van der Waals surface area (Å²) in [5.41, 5.74) is 0. The number of carbonyl (C=O) groups excluding carboxylic acids is 1. The molecule has 60 valence electrons. The molecular weight excluding hydrogens is 220 g/mol. The van der Waals surface area contributed by atoms with Crippen molar-refractivity contribution in [3.63, 3.8) is 0 Å². The molecule has 0 aliphatic heterocycles. The van der Waals surface area contributed by atoms with Crippen LogP contribution in [0.2, 0.25) is 0 Å². The molecule has 3 nitrogen and oxygen atoms in total. The van der Waals surface area contributed by atoms with Gasteiger partial charge in [0, 0.05) is 5.75 Å². The molecule has 0 aromatic heterocycles. The van der Waals surface area contributed by atoms with E-state index in [2.05, 4.69) is 15.9 Å². The van der Waals surface area contributed by atoms with Gasteiger partial charge in [-0.2, -0.15) is 0 Å². The highest BCUT2D eigenvalue weighted by Gasteiger charge is 2.12. The number of halogens is 1. The van der Waals surface area contributed by atoms with Crippen LogP contribution in [0.25, 0.3) is 0 Å². The number of hydrogen-bond donors (Lipinski definition) is 0. The highest BCUT2D eigenvalue weighted by atomic mass is 79.9. The fourth-order valence-corrected chi connectivity index (χ4v) is 1.64. The zero-order valence-corrected chi connectivity index (χ0v) is 8.03. The largest absolute Gasteiger partial charge is 0.298 e. The maximum atomic E-state index is 10.7. The van der Waals surface area contributed by atoms with Crippen molar-refractivity contribution >= 4 is 31.6 Å². The number of hydrogen-bond acceptors (Lipinski definition) is 3. The zero-order chi connectivity index (χ0) is 8.20. The molecule has 0 unspecified atom stereocenters. The topological polar surface area (TPSA) is 51.2 Å². The van der Waals surface area contributed by atoms with E-state index in [9.17, 15) is 13.2 Å². The molecule has 0 aliphatic carbocycles. The third kappa shape index (κ3) is 4.00. The summed E-state index contributed by atoms with van der Waals surface area (Å²) in [7, 11) is -3.11. The minimum Gasteiger partial charge on any atom is -0.298 e. The lowest BCUT2D eigenvalue weighted by Gasteiger charge is -1.95. The average molecular weight is 229 g/mol. The maximum Gasteiger partial charge on any atom is 0.158 e. The molecule has 5 heteroatoms. The summed E-state index contributed by atoms with van der Waals surface area (Å²) in [6, 6.07) is 0. The lowest BCUT2D eigenvalue weighted by atomic mass is 10.5. The second-order valence-electron chi connectivity index (χ2n) is 1.85. The summed E-state index contributed by atoms with van der Waals surface area (Å²) in [4.78, 5) is 10.6. The van der Waals surface area contributed by atoms with Gasteiger partial charge in [0.2, 0.25) is 0 Å². The van der Waals surface area contributed by atoms with E-state index in [1.807, 2.05) is 0 Å². The Kier molecular flexibility index (Phi) is 4.12. The average Bonchev–Trinajstić information content (AvgIpc) is 1.87. The van der Waals surface area contributed by atoms with E-state index in [1.54, 1.807) is 0 Å². The van der Waals surface area contributed by atoms with Crippen LogP contribution in [0.4, 0.5) is 0 Å². The molecule has 0 atom stereocenters. The third-order valence-corrected chi connectivity index (χ3v) is 3.24. The third-order valence-electron chi connectivity index (χ3n) is 0.970. The zero-order valence-electron chi connectivity index (χ0n) is 5.63. The minimum atomic E-state index is -3.11. The second kappa shape index (κ2) is 4.08. The maximum absolute atomic E-state index is 10.7. The molecule has 0 N–H and O–H groups in total. The van der Waals surface area contributed by atoms with Gasteiger partial charge in [0.1, 0.15) is 5.75 Å². The van der Waals surface area contributed by atoms with Crippen LogP contribution in [0.1, 0.15) is 6.92 Å². The molecule has 0 bridgehead atoms. The quantitative estimate of drug-likeness (QED) is 0.655. The summed E-state index contributed by atoms with van der Waals surface area (Å²) in [5.74, 6) is -0.595. The molecule has 0 saturated carbocycles. The van der Waals surface area contributed by atoms with Gasteiger partial charge in [-0.25, -0.2) is 8.42 Å². The van der Waals surface area contributed by atoms with Gasteiger partial charge >= 0.3 is 0 Å². The number of Topliss-reactive ketones (excluding diaryl/α,β-unsaturated/α-hetero) is 1. The fraction of sp³-hybridized carbons (Fsp3) is 0.800. The van der Waals surface area contributed by atoms with E-state index in [1.165, 1.54) is 6.92 Å². The van der Waals surface area contributed by atoms with E-state index < -0.39 is 9.84 Å². The van der Waals surface area contributed by atoms with Crippen molar-refractivity contribution < 1.29 is 13.2 Å². The van der Waals surface area contributed by atoms with Crippen LogP contribution in [-0.4, -0.2) is 31.0 Å². The van der Waals surface area contributed by atoms with Crippen LogP contribution in [0.5, 0.6) is 0 Å². The molecule has 0 aromatic rings. The lowest BCUT2D eigenvalue weighted by Crippen LogP contribution is -2.18. The van der Waals surface area contributed by atoms with Crippen molar-refractivity contribution in [3.05, 3.63) is 0 Å². The van der Waals surface area contributed by atoms with Crippen molar-refractivity contribution in [2.45, 2.75) is 6.92 Å². The monoisotopic (exact) mass is 228 g/mol. The first-order chi connectivity index (χ1) is 4.52. The lowest BCUT2D eigenvalue weighted by molar-refractivity contribution is -0.114. The van der Waals surface area contributed by atoms with Gasteiger partial charge in [0.05, 0.1) is 5.33 Å².